The Labute approximate surface area is 156 Å². The summed E-state index contributed by atoms with van der Waals surface area (Å²) in [7, 11) is 0. The Hall–Kier alpha value is -3.28. The number of oxime groups is 1. The second-order valence-corrected chi connectivity index (χ2v) is 6.57. The van der Waals surface area contributed by atoms with E-state index in [1.165, 1.54) is 30.0 Å². The number of β-lactam (4-membered cyclic amide) rings is 1. The molecule has 0 radical (unpaired) electrons. The van der Waals surface area contributed by atoms with Crippen molar-refractivity contribution in [2.45, 2.75) is 11.4 Å². The molecule has 1 unspecified atom stereocenters. The highest BCUT2D eigenvalue weighted by atomic mass is 32.2. The number of carboxylic acids is 1. The number of thioether (sulfide) groups is 1. The maximum atomic E-state index is 12.6. The first-order chi connectivity index (χ1) is 12.9. The number of nitrogens with zero attached hydrogens (tertiary/aromatic N) is 3. The van der Waals surface area contributed by atoms with Crippen LogP contribution in [0.5, 0.6) is 0 Å². The average molecular weight is 393 g/mol. The van der Waals surface area contributed by atoms with Crippen LogP contribution < -0.4 is 11.1 Å². The third kappa shape index (κ3) is 3.51. The summed E-state index contributed by atoms with van der Waals surface area (Å²) in [6.45, 7) is 3.51. The normalized spacial score (nSPS) is 21.6. The van der Waals surface area contributed by atoms with Gasteiger partial charge in [0, 0.05) is 11.8 Å². The molecular weight excluding hydrogens is 378 g/mol. The first-order valence-corrected chi connectivity index (χ1v) is 8.71. The molecule has 2 amide bonds. The molecule has 12 heteroatoms. The predicted octanol–water partition coefficient (Wildman–Crippen LogP) is -0.468. The topological polar surface area (TPSA) is 160 Å². The quantitative estimate of drug-likeness (QED) is 0.183. The Morgan fingerprint density at radius 1 is 1.63 bits per heavy atom. The van der Waals surface area contributed by atoms with E-state index in [0.29, 0.717) is 5.75 Å². The third-order valence-electron chi connectivity index (χ3n) is 3.68. The van der Waals surface area contributed by atoms with Gasteiger partial charge in [0.1, 0.15) is 23.7 Å². The summed E-state index contributed by atoms with van der Waals surface area (Å²) in [5.41, 5.74) is 5.13. The summed E-state index contributed by atoms with van der Waals surface area (Å²) in [6.07, 6.45) is 2.88. The molecule has 2 aliphatic rings. The van der Waals surface area contributed by atoms with Crippen LogP contribution in [-0.4, -0.2) is 62.4 Å². The first-order valence-electron chi connectivity index (χ1n) is 7.66. The van der Waals surface area contributed by atoms with Crippen LogP contribution in [0.4, 0.5) is 5.82 Å². The molecule has 2 aliphatic heterocycles. The lowest BCUT2D eigenvalue weighted by molar-refractivity contribution is -0.150. The highest BCUT2D eigenvalue weighted by Gasteiger charge is 2.53. The largest absolute Gasteiger partial charge is 0.477 e. The summed E-state index contributed by atoms with van der Waals surface area (Å²) >= 11 is 1.33. The number of amides is 2. The fraction of sp³-hybridized carbons (Fsp3) is 0.267. The van der Waals surface area contributed by atoms with Crippen LogP contribution in [-0.2, 0) is 19.2 Å². The smallest absolute Gasteiger partial charge is 0.352 e. The van der Waals surface area contributed by atoms with Gasteiger partial charge in [0.05, 0.1) is 0 Å². The number of nitrogen functional groups attached to an aromatic ring is 1. The highest BCUT2D eigenvalue weighted by Crippen LogP contribution is 2.37. The van der Waals surface area contributed by atoms with Gasteiger partial charge in [-0.3, -0.25) is 14.5 Å². The van der Waals surface area contributed by atoms with Crippen LogP contribution in [0.15, 0.2) is 40.2 Å². The molecule has 27 heavy (non-hydrogen) atoms. The number of rotatable bonds is 7. The van der Waals surface area contributed by atoms with Gasteiger partial charge < -0.3 is 25.5 Å². The highest BCUT2D eigenvalue weighted by molar-refractivity contribution is 8.00. The maximum absolute atomic E-state index is 12.6. The summed E-state index contributed by atoms with van der Waals surface area (Å²) in [5.74, 6) is -2.07. The van der Waals surface area contributed by atoms with Crippen LogP contribution in [0.3, 0.4) is 0 Å². The molecular formula is C15H15N5O6S. The van der Waals surface area contributed by atoms with E-state index in [9.17, 15) is 19.5 Å². The number of carboxylic acid groups (broad SMARTS) is 1. The van der Waals surface area contributed by atoms with E-state index in [1.54, 1.807) is 0 Å². The van der Waals surface area contributed by atoms with Gasteiger partial charge in [0.2, 0.25) is 5.71 Å². The van der Waals surface area contributed by atoms with Gasteiger partial charge in [0.15, 0.2) is 11.6 Å². The van der Waals surface area contributed by atoms with Crippen LogP contribution >= 0.6 is 11.8 Å². The molecule has 11 nitrogen and oxygen atoms in total. The third-order valence-corrected chi connectivity index (χ3v) is 4.86. The molecule has 3 rings (SSSR count). The Morgan fingerprint density at radius 3 is 3.04 bits per heavy atom. The van der Waals surface area contributed by atoms with Crippen LogP contribution in [0, 0.1) is 0 Å². The number of hydrogen-bond acceptors (Lipinski definition) is 9. The second-order valence-electron chi connectivity index (χ2n) is 5.42. The zero-order valence-corrected chi connectivity index (χ0v) is 14.6. The molecule has 4 N–H and O–H groups in total. The SMILES string of the molecule is C=CCO/N=C(/C(=O)NC1C(=O)N2C(C(=O)O)=CCS[C@H]12)c1cc(N)no1. The first kappa shape index (κ1) is 18.5. The van der Waals surface area contributed by atoms with Crippen LogP contribution in [0.25, 0.3) is 0 Å². The van der Waals surface area contributed by atoms with Crippen molar-refractivity contribution in [3.05, 3.63) is 36.3 Å². The molecule has 2 atom stereocenters. The summed E-state index contributed by atoms with van der Waals surface area (Å²) in [4.78, 5) is 42.2. The Kier molecular flexibility index (Phi) is 5.16. The van der Waals surface area contributed by atoms with E-state index < -0.39 is 29.2 Å². The number of aliphatic carboxylic acids is 1. The molecule has 1 aromatic heterocycles. The summed E-state index contributed by atoms with van der Waals surface area (Å²) < 4.78 is 4.93. The number of nitrogens with two attached hydrogens (primary N) is 1. The van der Waals surface area contributed by atoms with Crippen molar-refractivity contribution in [3.63, 3.8) is 0 Å². The Morgan fingerprint density at radius 2 is 2.41 bits per heavy atom. The minimum atomic E-state index is -1.20. The standard InChI is InChI=1S/C15H15N5O6S/c1-2-4-25-19-10(8-6-9(16)18-26-8)12(21)17-11-13(22)20-7(15(23)24)3-5-27-14(11)20/h2-3,6,11,14H,1,4-5H2,(H2,16,18)(H,17,21)(H,23,24)/b19-10+/t11?,14-/m1/s1. The van der Waals surface area contributed by atoms with Crippen molar-refractivity contribution >= 4 is 41.1 Å². The molecule has 1 saturated heterocycles. The molecule has 3 heterocycles. The molecule has 0 saturated carbocycles. The minimum absolute atomic E-state index is 0.0409. The minimum Gasteiger partial charge on any atom is -0.477 e. The van der Waals surface area contributed by atoms with Crippen molar-refractivity contribution in [2.75, 3.05) is 18.1 Å². The fourth-order valence-corrected chi connectivity index (χ4v) is 3.70. The van der Waals surface area contributed by atoms with E-state index in [4.69, 9.17) is 15.1 Å². The van der Waals surface area contributed by atoms with Crippen molar-refractivity contribution in [3.8, 4) is 0 Å². The Bertz CT molecular complexity index is 863. The van der Waals surface area contributed by atoms with Crippen molar-refractivity contribution in [2.24, 2.45) is 5.16 Å². The number of carbonyl (C=O) groups is 3. The van der Waals surface area contributed by atoms with Gasteiger partial charge in [-0.1, -0.05) is 23.0 Å². The molecule has 1 fully saturated rings. The monoisotopic (exact) mass is 393 g/mol. The predicted molar refractivity (Wildman–Crippen MR) is 94.3 cm³/mol. The van der Waals surface area contributed by atoms with E-state index in [2.05, 4.69) is 22.2 Å². The van der Waals surface area contributed by atoms with E-state index in [1.807, 2.05) is 0 Å². The molecule has 0 aromatic carbocycles. The lowest BCUT2D eigenvalue weighted by Gasteiger charge is -2.48. The van der Waals surface area contributed by atoms with Gasteiger partial charge in [-0.25, -0.2) is 4.79 Å². The molecule has 142 valence electrons. The van der Waals surface area contributed by atoms with E-state index >= 15 is 0 Å². The fourth-order valence-electron chi connectivity index (χ4n) is 2.50. The molecule has 0 aliphatic carbocycles. The number of fused-ring (bicyclic) bond motifs is 1. The second kappa shape index (κ2) is 7.53. The number of carbonyl (C=O) groups excluding carboxylic acids is 2. The lowest BCUT2D eigenvalue weighted by Crippen LogP contribution is -2.70. The number of anilines is 1. The number of aromatic nitrogens is 1. The number of nitrogens with one attached hydrogen (secondary N) is 1. The zero-order chi connectivity index (χ0) is 19.6. The maximum Gasteiger partial charge on any atom is 0.352 e. The van der Waals surface area contributed by atoms with Crippen molar-refractivity contribution in [1.29, 1.82) is 0 Å². The Balaban J connectivity index is 1.76. The van der Waals surface area contributed by atoms with Crippen LogP contribution in [0.1, 0.15) is 5.76 Å². The van der Waals surface area contributed by atoms with Gasteiger partial charge in [-0.15, -0.1) is 11.8 Å². The molecule has 0 spiro atoms. The van der Waals surface area contributed by atoms with E-state index in [0.717, 1.165) is 4.90 Å². The summed E-state index contributed by atoms with van der Waals surface area (Å²) in [6, 6.07) is 0.376. The van der Waals surface area contributed by atoms with Gasteiger partial charge >= 0.3 is 5.97 Å². The zero-order valence-electron chi connectivity index (χ0n) is 13.8. The van der Waals surface area contributed by atoms with E-state index in [-0.39, 0.29) is 29.6 Å². The van der Waals surface area contributed by atoms with Crippen molar-refractivity contribution in [1.82, 2.24) is 15.4 Å². The average Bonchev–Trinajstić information content (AvgIpc) is 3.08. The van der Waals surface area contributed by atoms with Gasteiger partial charge in [-0.05, 0) is 6.08 Å². The van der Waals surface area contributed by atoms with Gasteiger partial charge in [-0.2, -0.15) is 0 Å². The lowest BCUT2D eigenvalue weighted by atomic mass is 10.0. The summed E-state index contributed by atoms with van der Waals surface area (Å²) in [5, 5.41) is 18.3. The molecule has 0 bridgehead atoms. The number of hydrogen-bond donors (Lipinski definition) is 3. The van der Waals surface area contributed by atoms with Crippen LogP contribution in [0.2, 0.25) is 0 Å². The van der Waals surface area contributed by atoms with Gasteiger partial charge in [0.25, 0.3) is 11.8 Å². The molecule has 1 aromatic rings. The van der Waals surface area contributed by atoms with Crippen molar-refractivity contribution < 1.29 is 28.9 Å².